The number of hydrogen-bond donors (Lipinski definition) is 1. The lowest BCUT2D eigenvalue weighted by atomic mass is 9.67. The fourth-order valence-electron chi connectivity index (χ4n) is 3.29. The van der Waals surface area contributed by atoms with Gasteiger partial charge in [0.2, 0.25) is 0 Å². The molecule has 0 fully saturated rings. The van der Waals surface area contributed by atoms with Crippen molar-refractivity contribution in [3.63, 3.8) is 0 Å². The topological polar surface area (TPSA) is 53.7 Å². The summed E-state index contributed by atoms with van der Waals surface area (Å²) < 4.78 is 17.8. The van der Waals surface area contributed by atoms with Gasteiger partial charge in [0.25, 0.3) is 0 Å². The molecule has 0 aliphatic carbocycles. The minimum atomic E-state index is -0.349. The van der Waals surface area contributed by atoms with E-state index in [4.69, 9.17) is 19.8 Å². The van der Waals surface area contributed by atoms with E-state index < -0.39 is 0 Å². The van der Waals surface area contributed by atoms with E-state index in [1.165, 1.54) is 16.7 Å². The Hall–Kier alpha value is -1.04. The summed E-state index contributed by atoms with van der Waals surface area (Å²) in [5.74, 6) is 0. The molecule has 0 amide bonds. The maximum Gasteiger partial charge on any atom is 0.495 e. The second-order valence-corrected chi connectivity index (χ2v) is 6.02. The second kappa shape index (κ2) is 5.06. The molecule has 5 heteroatoms. The molecule has 0 radical (unpaired) electrons. The molecule has 0 saturated carbocycles. The zero-order chi connectivity index (χ0) is 14.3. The van der Waals surface area contributed by atoms with Crippen molar-refractivity contribution in [2.24, 2.45) is 5.73 Å². The molecular formula is C15H22BNO3. The van der Waals surface area contributed by atoms with Crippen LogP contribution < -0.4 is 5.73 Å². The highest BCUT2D eigenvalue weighted by Gasteiger charge is 2.50. The molecule has 0 aromatic heterocycles. The van der Waals surface area contributed by atoms with Crippen LogP contribution in [0, 0.1) is 0 Å². The second-order valence-electron chi connectivity index (χ2n) is 6.02. The Balaban J connectivity index is 2.16. The minimum absolute atomic E-state index is 0.0587. The third kappa shape index (κ3) is 2.05. The molecule has 0 aromatic carbocycles. The van der Waals surface area contributed by atoms with Crippen LogP contribution >= 0.6 is 0 Å². The molecule has 4 nitrogen and oxygen atoms in total. The van der Waals surface area contributed by atoms with Crippen LogP contribution in [0.5, 0.6) is 0 Å². The first-order valence-corrected chi connectivity index (χ1v) is 7.37. The highest BCUT2D eigenvalue weighted by atomic mass is 16.6. The van der Waals surface area contributed by atoms with Gasteiger partial charge in [0.15, 0.2) is 0 Å². The van der Waals surface area contributed by atoms with E-state index in [1.807, 2.05) is 0 Å². The van der Waals surface area contributed by atoms with Crippen molar-refractivity contribution in [2.45, 2.75) is 45.3 Å². The fraction of sp³-hybridized carbons (Fsp3) is 0.600. The van der Waals surface area contributed by atoms with Gasteiger partial charge in [-0.05, 0) is 48.5 Å². The van der Waals surface area contributed by atoms with E-state index in [0.717, 1.165) is 18.3 Å². The summed E-state index contributed by atoms with van der Waals surface area (Å²) in [6.07, 6.45) is 5.85. The van der Waals surface area contributed by atoms with Gasteiger partial charge >= 0.3 is 7.12 Å². The van der Waals surface area contributed by atoms with Crippen molar-refractivity contribution in [2.75, 3.05) is 13.2 Å². The monoisotopic (exact) mass is 275 g/mol. The number of ether oxygens (including phenoxy) is 1. The van der Waals surface area contributed by atoms with Crippen LogP contribution in [0.25, 0.3) is 0 Å². The summed E-state index contributed by atoms with van der Waals surface area (Å²) >= 11 is 0. The lowest BCUT2D eigenvalue weighted by molar-refractivity contribution is 0.0889. The molecule has 0 saturated heterocycles. The van der Waals surface area contributed by atoms with Gasteiger partial charge in [-0.3, -0.25) is 0 Å². The molecule has 1 atom stereocenters. The van der Waals surface area contributed by atoms with E-state index in [-0.39, 0.29) is 18.8 Å². The van der Waals surface area contributed by atoms with E-state index >= 15 is 0 Å². The van der Waals surface area contributed by atoms with Crippen LogP contribution in [-0.2, 0) is 14.0 Å². The summed E-state index contributed by atoms with van der Waals surface area (Å²) in [6.45, 7) is 7.36. The molecule has 3 rings (SSSR count). The lowest BCUT2D eigenvalue weighted by Gasteiger charge is -2.31. The van der Waals surface area contributed by atoms with Crippen LogP contribution in [0.2, 0.25) is 0 Å². The lowest BCUT2D eigenvalue weighted by Crippen LogP contribution is -2.41. The molecule has 3 heterocycles. The van der Waals surface area contributed by atoms with E-state index in [1.54, 1.807) is 6.26 Å². The number of rotatable bonds is 3. The van der Waals surface area contributed by atoms with Gasteiger partial charge < -0.3 is 19.8 Å². The Morgan fingerprint density at radius 2 is 2.25 bits per heavy atom. The Morgan fingerprint density at radius 3 is 2.95 bits per heavy atom. The van der Waals surface area contributed by atoms with Gasteiger partial charge in [-0.2, -0.15) is 0 Å². The predicted molar refractivity (Wildman–Crippen MR) is 78.9 cm³/mol. The van der Waals surface area contributed by atoms with Crippen LogP contribution in [0.15, 0.2) is 34.5 Å². The van der Waals surface area contributed by atoms with Crippen LogP contribution in [0.4, 0.5) is 0 Å². The maximum atomic E-state index is 6.10. The maximum absolute atomic E-state index is 6.10. The fourth-order valence-corrected chi connectivity index (χ4v) is 3.29. The largest absolute Gasteiger partial charge is 0.497 e. The summed E-state index contributed by atoms with van der Waals surface area (Å²) in [7, 11) is -0.310. The number of nitrogens with two attached hydrogens (primary N) is 1. The Kier molecular flexibility index (Phi) is 3.52. The van der Waals surface area contributed by atoms with Crippen LogP contribution in [0.1, 0.15) is 33.6 Å². The average molecular weight is 275 g/mol. The zero-order valence-electron chi connectivity index (χ0n) is 12.4. The highest BCUT2D eigenvalue weighted by Crippen LogP contribution is 2.44. The van der Waals surface area contributed by atoms with Crippen molar-refractivity contribution in [1.82, 2.24) is 0 Å². The number of allylic oxidation sites excluding steroid dienone is 3. The molecule has 0 unspecified atom stereocenters. The molecule has 0 aromatic rings. The molecule has 0 bridgehead atoms. The smallest absolute Gasteiger partial charge is 0.495 e. The molecule has 0 spiro atoms. The van der Waals surface area contributed by atoms with Crippen molar-refractivity contribution in [1.29, 1.82) is 0 Å². The first-order chi connectivity index (χ1) is 9.58. The highest BCUT2D eigenvalue weighted by molar-refractivity contribution is 6.57. The number of hydrogen-bond acceptors (Lipinski definition) is 4. The Bertz CT molecular complexity index is 507. The standard InChI is InChI=1S/C15H22BNO3/c1-4-5-10-11-6-7-18-9-12-14(11)16(19-13(10)8-17)20-15(12,2)3/h6-7,13H,4-5,8-9,17H2,1-3H3/t13-/m1/s1. The minimum Gasteiger partial charge on any atom is -0.497 e. The van der Waals surface area contributed by atoms with Gasteiger partial charge in [0, 0.05) is 6.54 Å². The van der Waals surface area contributed by atoms with E-state index in [2.05, 4.69) is 26.8 Å². The van der Waals surface area contributed by atoms with Crippen molar-refractivity contribution >= 4 is 7.12 Å². The predicted octanol–water partition coefficient (Wildman–Crippen LogP) is 2.12. The molecule has 108 valence electrons. The summed E-state index contributed by atoms with van der Waals surface area (Å²) in [5, 5.41) is 0. The normalized spacial score (nSPS) is 27.6. The van der Waals surface area contributed by atoms with Gasteiger partial charge in [-0.15, -0.1) is 0 Å². The third-order valence-electron chi connectivity index (χ3n) is 4.29. The van der Waals surface area contributed by atoms with Crippen molar-refractivity contribution < 1.29 is 14.0 Å². The molecule has 3 aliphatic rings. The van der Waals surface area contributed by atoms with Gasteiger partial charge in [-0.1, -0.05) is 13.3 Å². The Labute approximate surface area is 120 Å². The summed E-state index contributed by atoms with van der Waals surface area (Å²) in [6, 6.07) is 0. The van der Waals surface area contributed by atoms with Crippen molar-refractivity contribution in [3.05, 3.63) is 34.5 Å². The third-order valence-corrected chi connectivity index (χ3v) is 4.29. The van der Waals surface area contributed by atoms with Crippen LogP contribution in [-0.4, -0.2) is 32.0 Å². The van der Waals surface area contributed by atoms with Gasteiger partial charge in [0.1, 0.15) is 6.61 Å². The molecule has 3 aliphatic heterocycles. The molecule has 2 N–H and O–H groups in total. The molecular weight excluding hydrogens is 253 g/mol. The van der Waals surface area contributed by atoms with Crippen LogP contribution in [0.3, 0.4) is 0 Å². The molecule has 20 heavy (non-hydrogen) atoms. The van der Waals surface area contributed by atoms with Gasteiger partial charge in [0.05, 0.1) is 18.0 Å². The summed E-state index contributed by atoms with van der Waals surface area (Å²) in [5.41, 5.74) is 10.4. The van der Waals surface area contributed by atoms with Gasteiger partial charge in [-0.25, -0.2) is 0 Å². The zero-order valence-corrected chi connectivity index (χ0v) is 12.4. The van der Waals surface area contributed by atoms with Crippen molar-refractivity contribution in [3.8, 4) is 0 Å². The Morgan fingerprint density at radius 1 is 1.45 bits per heavy atom. The van der Waals surface area contributed by atoms with E-state index in [0.29, 0.717) is 13.2 Å². The first-order valence-electron chi connectivity index (χ1n) is 7.37. The summed E-state index contributed by atoms with van der Waals surface area (Å²) in [4.78, 5) is 0. The first kappa shape index (κ1) is 13.9. The SMILES string of the molecule is CCCC1=C2C=COCC3=C2B(O[C@@H]1CN)OC3(C)C. The quantitative estimate of drug-likeness (QED) is 0.801. The average Bonchev–Trinajstić information content (AvgIpc) is 2.57. The van der Waals surface area contributed by atoms with E-state index in [9.17, 15) is 0 Å².